The normalized spacial score (nSPS) is 10.7. The summed E-state index contributed by atoms with van der Waals surface area (Å²) >= 11 is 9.38. The van der Waals surface area contributed by atoms with Crippen molar-refractivity contribution in [1.82, 2.24) is 5.32 Å². The number of hydrogen-bond donors (Lipinski definition) is 2. The van der Waals surface area contributed by atoms with E-state index in [1.54, 1.807) is 6.07 Å². The number of halogens is 2. The summed E-state index contributed by atoms with van der Waals surface area (Å²) < 4.78 is 0.901. The third-order valence-electron chi connectivity index (χ3n) is 2.97. The van der Waals surface area contributed by atoms with Crippen molar-refractivity contribution in [2.75, 3.05) is 5.32 Å². The molecule has 1 amide bonds. The average molecular weight is 391 g/mol. The van der Waals surface area contributed by atoms with Crippen molar-refractivity contribution in [3.8, 4) is 6.07 Å². The summed E-state index contributed by atoms with van der Waals surface area (Å²) in [6.45, 7) is 0.258. The first-order valence-corrected chi connectivity index (χ1v) is 7.91. The van der Waals surface area contributed by atoms with Gasteiger partial charge in [0.05, 0.1) is 0 Å². The maximum Gasteiger partial charge on any atom is 0.263 e. The molecule has 2 aromatic carbocycles. The van der Waals surface area contributed by atoms with E-state index in [1.807, 2.05) is 48.5 Å². The van der Waals surface area contributed by atoms with E-state index in [1.165, 1.54) is 6.20 Å². The van der Waals surface area contributed by atoms with Crippen molar-refractivity contribution in [2.45, 2.75) is 6.54 Å². The number of hydrogen-bond acceptors (Lipinski definition) is 3. The van der Waals surface area contributed by atoms with Crippen LogP contribution in [0.1, 0.15) is 5.56 Å². The molecule has 0 atom stereocenters. The van der Waals surface area contributed by atoms with Crippen LogP contribution in [0.15, 0.2) is 64.8 Å². The van der Waals surface area contributed by atoms with Crippen molar-refractivity contribution in [3.63, 3.8) is 0 Å². The summed E-state index contributed by atoms with van der Waals surface area (Å²) in [5.74, 6) is -0.463. The topological polar surface area (TPSA) is 64.9 Å². The van der Waals surface area contributed by atoms with E-state index in [0.717, 1.165) is 15.7 Å². The molecule has 0 heterocycles. The van der Waals surface area contributed by atoms with E-state index in [4.69, 9.17) is 16.9 Å². The fourth-order valence-electron chi connectivity index (χ4n) is 1.79. The van der Waals surface area contributed by atoms with E-state index in [9.17, 15) is 4.79 Å². The Kier molecular flexibility index (Phi) is 6.21. The molecule has 0 spiro atoms. The first-order chi connectivity index (χ1) is 11.1. The number of carbonyl (C=O) groups excluding carboxylic acids is 1. The van der Waals surface area contributed by atoms with Gasteiger partial charge in [0.15, 0.2) is 0 Å². The predicted octanol–water partition coefficient (Wildman–Crippen LogP) is 4.24. The zero-order valence-electron chi connectivity index (χ0n) is 12.0. The Hall–Kier alpha value is -2.29. The fourth-order valence-corrected chi connectivity index (χ4v) is 2.40. The molecule has 2 rings (SSSR count). The number of amides is 1. The van der Waals surface area contributed by atoms with Crippen molar-refractivity contribution < 1.29 is 4.79 Å². The maximum atomic E-state index is 12.1. The van der Waals surface area contributed by atoms with Gasteiger partial charge >= 0.3 is 0 Å². The molecule has 0 aliphatic heterocycles. The van der Waals surface area contributed by atoms with Crippen LogP contribution in [0.2, 0.25) is 5.02 Å². The number of rotatable bonds is 5. The van der Waals surface area contributed by atoms with Crippen molar-refractivity contribution in [1.29, 1.82) is 5.26 Å². The summed E-state index contributed by atoms with van der Waals surface area (Å²) in [4.78, 5) is 12.1. The maximum absolute atomic E-state index is 12.1. The lowest BCUT2D eigenvalue weighted by Gasteiger charge is -2.07. The van der Waals surface area contributed by atoms with E-state index >= 15 is 0 Å². The van der Waals surface area contributed by atoms with E-state index in [2.05, 4.69) is 26.6 Å². The number of nitrogens with zero attached hydrogens (tertiary/aromatic N) is 1. The quantitative estimate of drug-likeness (QED) is 0.593. The molecule has 6 heteroatoms. The second-order valence-corrected chi connectivity index (χ2v) is 5.92. The molecule has 0 fully saturated rings. The Bertz CT molecular complexity index is 783. The van der Waals surface area contributed by atoms with Gasteiger partial charge in [-0.2, -0.15) is 5.26 Å². The first kappa shape index (κ1) is 17.1. The van der Waals surface area contributed by atoms with Crippen molar-refractivity contribution in [2.24, 2.45) is 0 Å². The Morgan fingerprint density at radius 2 is 2.04 bits per heavy atom. The Balaban J connectivity index is 2.00. The van der Waals surface area contributed by atoms with Crippen LogP contribution in [0, 0.1) is 11.3 Å². The highest BCUT2D eigenvalue weighted by atomic mass is 79.9. The Labute approximate surface area is 147 Å². The van der Waals surface area contributed by atoms with Crippen LogP contribution in [0.3, 0.4) is 0 Å². The van der Waals surface area contributed by atoms with E-state index in [0.29, 0.717) is 5.02 Å². The third kappa shape index (κ3) is 5.13. The number of nitriles is 1. The number of anilines is 1. The first-order valence-electron chi connectivity index (χ1n) is 6.74. The van der Waals surface area contributed by atoms with Gasteiger partial charge in [0.1, 0.15) is 11.6 Å². The molecule has 0 radical (unpaired) electrons. The fraction of sp³-hybridized carbons (Fsp3) is 0.0588. The molecule has 23 heavy (non-hydrogen) atoms. The smallest absolute Gasteiger partial charge is 0.263 e. The monoisotopic (exact) mass is 389 g/mol. The summed E-state index contributed by atoms with van der Waals surface area (Å²) in [6.07, 6.45) is 1.38. The van der Waals surface area contributed by atoms with Gasteiger partial charge in [-0.05, 0) is 29.8 Å². The van der Waals surface area contributed by atoms with Crippen LogP contribution in [-0.2, 0) is 11.3 Å². The van der Waals surface area contributed by atoms with Crippen LogP contribution in [0.4, 0.5) is 5.69 Å². The second-order valence-electron chi connectivity index (χ2n) is 4.60. The van der Waals surface area contributed by atoms with E-state index in [-0.39, 0.29) is 12.1 Å². The van der Waals surface area contributed by atoms with E-state index < -0.39 is 5.91 Å². The predicted molar refractivity (Wildman–Crippen MR) is 94.8 cm³/mol. The Morgan fingerprint density at radius 3 is 2.74 bits per heavy atom. The van der Waals surface area contributed by atoms with Crippen molar-refractivity contribution in [3.05, 3.63) is 75.4 Å². The molecule has 0 aliphatic carbocycles. The van der Waals surface area contributed by atoms with Crippen LogP contribution in [0.5, 0.6) is 0 Å². The van der Waals surface area contributed by atoms with Gasteiger partial charge < -0.3 is 10.6 Å². The van der Waals surface area contributed by atoms with Crippen LogP contribution in [-0.4, -0.2) is 5.91 Å². The van der Waals surface area contributed by atoms with Gasteiger partial charge in [-0.1, -0.05) is 51.8 Å². The zero-order chi connectivity index (χ0) is 16.7. The molecule has 0 bridgehead atoms. The molecule has 0 aromatic heterocycles. The summed E-state index contributed by atoms with van der Waals surface area (Å²) in [7, 11) is 0. The summed E-state index contributed by atoms with van der Waals surface area (Å²) in [5.41, 5.74) is 1.54. The third-order valence-corrected chi connectivity index (χ3v) is 3.83. The standard InChI is InChI=1S/C17H13BrClN3O/c18-14-5-3-6-15(8-14)21-11-13(9-20)17(23)22-10-12-4-1-2-7-16(12)19/h1-8,11,21H,10H2,(H,22,23)/b13-11-. The molecule has 0 aliphatic rings. The largest absolute Gasteiger partial charge is 0.360 e. The second kappa shape index (κ2) is 8.37. The summed E-state index contributed by atoms with van der Waals surface area (Å²) in [6, 6.07) is 16.5. The molecule has 2 aromatic rings. The van der Waals surface area contributed by atoms with Gasteiger partial charge in [-0.25, -0.2) is 0 Å². The lowest BCUT2D eigenvalue weighted by atomic mass is 10.2. The summed E-state index contributed by atoms with van der Waals surface area (Å²) in [5, 5.41) is 15.3. The number of carbonyl (C=O) groups is 1. The number of nitrogens with one attached hydrogen (secondary N) is 2. The lowest BCUT2D eigenvalue weighted by molar-refractivity contribution is -0.117. The average Bonchev–Trinajstić information content (AvgIpc) is 2.55. The SMILES string of the molecule is N#C/C(=C/Nc1cccc(Br)c1)C(=O)NCc1ccccc1Cl. The molecule has 2 N–H and O–H groups in total. The van der Waals surface area contributed by atoms with Crippen molar-refractivity contribution >= 4 is 39.1 Å². The van der Waals surface area contributed by atoms with Crippen LogP contribution < -0.4 is 10.6 Å². The van der Waals surface area contributed by atoms with Gasteiger partial charge in [-0.15, -0.1) is 0 Å². The molecular formula is C17H13BrClN3O. The highest BCUT2D eigenvalue weighted by Crippen LogP contribution is 2.16. The van der Waals surface area contributed by atoms with Gasteiger partial charge in [0, 0.05) is 27.9 Å². The molecule has 4 nitrogen and oxygen atoms in total. The minimum Gasteiger partial charge on any atom is -0.360 e. The lowest BCUT2D eigenvalue weighted by Crippen LogP contribution is -2.24. The highest BCUT2D eigenvalue weighted by molar-refractivity contribution is 9.10. The molecular weight excluding hydrogens is 378 g/mol. The van der Waals surface area contributed by atoms with Crippen LogP contribution in [0.25, 0.3) is 0 Å². The minimum atomic E-state index is -0.463. The van der Waals surface area contributed by atoms with Gasteiger partial charge in [-0.3, -0.25) is 4.79 Å². The molecule has 0 saturated carbocycles. The van der Waals surface area contributed by atoms with Crippen LogP contribution >= 0.6 is 27.5 Å². The Morgan fingerprint density at radius 1 is 1.26 bits per heavy atom. The number of benzene rings is 2. The highest BCUT2D eigenvalue weighted by Gasteiger charge is 2.09. The molecule has 0 saturated heterocycles. The minimum absolute atomic E-state index is 0.0166. The molecule has 116 valence electrons. The molecule has 0 unspecified atom stereocenters. The van der Waals surface area contributed by atoms with Gasteiger partial charge in [0.25, 0.3) is 5.91 Å². The van der Waals surface area contributed by atoms with Gasteiger partial charge in [0.2, 0.25) is 0 Å². The zero-order valence-corrected chi connectivity index (χ0v) is 14.4.